The van der Waals surface area contributed by atoms with Crippen LogP contribution < -0.4 is 18.9 Å². The molecule has 8 heteroatoms. The number of fused-ring (bicyclic) bond motifs is 5. The van der Waals surface area contributed by atoms with E-state index in [0.29, 0.717) is 46.8 Å². The molecular weight excluding hydrogens is 729 g/mol. The summed E-state index contributed by atoms with van der Waals surface area (Å²) in [6, 6.07) is 19.1. The number of benzene rings is 3. The van der Waals surface area contributed by atoms with Crippen LogP contribution in [0.25, 0.3) is 0 Å². The summed E-state index contributed by atoms with van der Waals surface area (Å²) in [6.45, 7) is 14.8. The van der Waals surface area contributed by atoms with Gasteiger partial charge in [0.05, 0.1) is 17.7 Å². The molecule has 4 aliphatic rings. The highest BCUT2D eigenvalue weighted by Gasteiger charge is 2.59. The Hall–Kier alpha value is -4.59. The number of allylic oxidation sites excluding steroid dienone is 2. The second kappa shape index (κ2) is 17.7. The van der Waals surface area contributed by atoms with Crippen molar-refractivity contribution in [3.63, 3.8) is 0 Å². The molecule has 4 aliphatic carbocycles. The zero-order valence-electron chi connectivity index (χ0n) is 35.2. The summed E-state index contributed by atoms with van der Waals surface area (Å²) in [5.74, 6) is 5.40. The summed E-state index contributed by atoms with van der Waals surface area (Å²) < 4.78 is 27.8. The normalized spacial score (nSPS) is 29.0. The molecule has 7 rings (SSSR count). The fourth-order valence-electron chi connectivity index (χ4n) is 11.4. The van der Waals surface area contributed by atoms with Gasteiger partial charge >= 0.3 is 18.1 Å². The van der Waals surface area contributed by atoms with Gasteiger partial charge in [-0.15, -0.1) is 0 Å². The Morgan fingerprint density at radius 1 is 0.655 bits per heavy atom. The number of ether oxygens (including phenoxy) is 5. The molecule has 0 heterocycles. The highest BCUT2D eigenvalue weighted by atomic mass is 16.7. The first-order valence-electron chi connectivity index (χ1n) is 21.8. The molecule has 0 radical (unpaired) electrons. The molecule has 0 spiro atoms. The molecule has 3 saturated carbocycles. The van der Waals surface area contributed by atoms with Crippen molar-refractivity contribution in [3.8, 4) is 23.0 Å². The van der Waals surface area contributed by atoms with Gasteiger partial charge in [-0.1, -0.05) is 66.0 Å². The van der Waals surface area contributed by atoms with E-state index in [9.17, 15) is 14.4 Å². The summed E-state index contributed by atoms with van der Waals surface area (Å²) in [5, 5.41) is 0. The second-order valence-corrected chi connectivity index (χ2v) is 18.4. The first kappa shape index (κ1) is 41.6. The van der Waals surface area contributed by atoms with Crippen LogP contribution in [-0.2, 0) is 4.74 Å². The van der Waals surface area contributed by atoms with Crippen molar-refractivity contribution in [1.82, 2.24) is 0 Å². The maximum Gasteiger partial charge on any atom is 0.514 e. The van der Waals surface area contributed by atoms with Gasteiger partial charge in [0.2, 0.25) is 0 Å². The van der Waals surface area contributed by atoms with Crippen LogP contribution in [0.2, 0.25) is 0 Å². The van der Waals surface area contributed by atoms with Crippen LogP contribution in [0.1, 0.15) is 126 Å². The van der Waals surface area contributed by atoms with E-state index < -0.39 is 18.1 Å². The maximum absolute atomic E-state index is 13.0. The van der Waals surface area contributed by atoms with Gasteiger partial charge in [0.25, 0.3) is 0 Å². The Bertz CT molecular complexity index is 1920. The zero-order valence-corrected chi connectivity index (χ0v) is 35.2. The summed E-state index contributed by atoms with van der Waals surface area (Å²) in [4.78, 5) is 38.4. The number of hydrogen-bond donors (Lipinski definition) is 0. The Balaban J connectivity index is 0.873. The third-order valence-electron chi connectivity index (χ3n) is 14.5. The molecule has 3 aromatic carbocycles. The molecule has 0 aliphatic heterocycles. The number of rotatable bonds is 13. The maximum atomic E-state index is 13.0. The minimum atomic E-state index is -0.724. The molecule has 58 heavy (non-hydrogen) atoms. The second-order valence-electron chi connectivity index (χ2n) is 18.4. The topological polar surface area (TPSA) is 97.4 Å². The van der Waals surface area contributed by atoms with E-state index in [4.69, 9.17) is 23.7 Å². The van der Waals surface area contributed by atoms with E-state index in [1.165, 1.54) is 44.9 Å². The minimum Gasteiger partial charge on any atom is -0.494 e. The van der Waals surface area contributed by atoms with E-state index >= 15 is 0 Å². The van der Waals surface area contributed by atoms with Gasteiger partial charge in [0.1, 0.15) is 29.1 Å². The van der Waals surface area contributed by atoms with E-state index in [-0.39, 0.29) is 28.6 Å². The number of carbonyl (C=O) groups excluding carboxylic acids is 3. The molecule has 0 aromatic heterocycles. The van der Waals surface area contributed by atoms with Gasteiger partial charge < -0.3 is 23.7 Å². The van der Waals surface area contributed by atoms with Crippen molar-refractivity contribution in [2.24, 2.45) is 52.3 Å². The molecule has 0 amide bonds. The number of carbonyl (C=O) groups is 3. The molecule has 310 valence electrons. The smallest absolute Gasteiger partial charge is 0.494 e. The van der Waals surface area contributed by atoms with E-state index in [2.05, 4.69) is 46.8 Å². The predicted molar refractivity (Wildman–Crippen MR) is 224 cm³/mol. The van der Waals surface area contributed by atoms with Crippen LogP contribution in [0.5, 0.6) is 23.0 Å². The van der Waals surface area contributed by atoms with E-state index in [1.54, 1.807) is 72.8 Å². The van der Waals surface area contributed by atoms with Crippen molar-refractivity contribution in [2.45, 2.75) is 112 Å². The SMILES string of the molecule is CCOc1ccc(C(=O)Oc2ccc(OC(=O)c3ccc(OC(=O)OC4CC[C@]5(C)C(C=CC6[C@H]7CC[C@@H]([C@@H](C)CCCC(C)C)[C@]7(C)CC[C@H]65)C4)cc3)cc2)cc1. The van der Waals surface area contributed by atoms with Gasteiger partial charge in [-0.2, -0.15) is 0 Å². The number of esters is 2. The lowest BCUT2D eigenvalue weighted by molar-refractivity contribution is -0.0852. The van der Waals surface area contributed by atoms with E-state index in [1.807, 2.05) is 6.92 Å². The molecule has 0 saturated heterocycles. The summed E-state index contributed by atoms with van der Waals surface area (Å²) >= 11 is 0. The lowest BCUT2D eigenvalue weighted by Crippen LogP contribution is -2.52. The summed E-state index contributed by atoms with van der Waals surface area (Å²) in [5.41, 5.74) is 1.34. The molecule has 8 nitrogen and oxygen atoms in total. The fourth-order valence-corrected chi connectivity index (χ4v) is 11.4. The lowest BCUT2D eigenvalue weighted by atomic mass is 9.46. The molecule has 0 N–H and O–H groups in total. The largest absolute Gasteiger partial charge is 0.514 e. The van der Waals surface area contributed by atoms with Crippen LogP contribution in [0.3, 0.4) is 0 Å². The first-order valence-corrected chi connectivity index (χ1v) is 21.8. The Morgan fingerprint density at radius 2 is 1.21 bits per heavy atom. The molecule has 3 aromatic rings. The van der Waals surface area contributed by atoms with Crippen molar-refractivity contribution in [3.05, 3.63) is 96.1 Å². The zero-order chi connectivity index (χ0) is 41.0. The third kappa shape index (κ3) is 9.01. The monoisotopic (exact) mass is 790 g/mol. The molecule has 3 unspecified atom stereocenters. The highest BCUT2D eigenvalue weighted by Crippen LogP contribution is 2.67. The van der Waals surface area contributed by atoms with Gasteiger partial charge in [-0.3, -0.25) is 0 Å². The number of hydrogen-bond acceptors (Lipinski definition) is 8. The van der Waals surface area contributed by atoms with Crippen LogP contribution in [0, 0.1) is 52.3 Å². The lowest BCUT2D eigenvalue weighted by Gasteiger charge is -2.59. The van der Waals surface area contributed by atoms with Gasteiger partial charge in [0.15, 0.2) is 0 Å². The Kier molecular flexibility index (Phi) is 12.7. The van der Waals surface area contributed by atoms with Gasteiger partial charge in [-0.25, -0.2) is 14.4 Å². The molecule has 3 fully saturated rings. The summed E-state index contributed by atoms with van der Waals surface area (Å²) in [6.07, 6.45) is 16.3. The molecular formula is C50H62O8. The van der Waals surface area contributed by atoms with Crippen LogP contribution in [0.15, 0.2) is 84.9 Å². The van der Waals surface area contributed by atoms with E-state index in [0.717, 1.165) is 42.9 Å². The van der Waals surface area contributed by atoms with Crippen molar-refractivity contribution in [1.29, 1.82) is 0 Å². The third-order valence-corrected chi connectivity index (χ3v) is 14.5. The van der Waals surface area contributed by atoms with Crippen LogP contribution in [-0.4, -0.2) is 30.8 Å². The predicted octanol–water partition coefficient (Wildman–Crippen LogP) is 12.3. The molecule has 0 bridgehead atoms. The average molecular weight is 791 g/mol. The Morgan fingerprint density at radius 3 is 1.81 bits per heavy atom. The van der Waals surface area contributed by atoms with Crippen molar-refractivity contribution in [2.75, 3.05) is 6.61 Å². The standard InChI is InChI=1S/C50H62O8/c1-7-54-37-16-11-34(12-17-37)46(51)55-38-20-22-39(23-21-38)56-47(52)35-13-18-40(19-14-35)57-48(53)58-41-27-29-49(5)36(31-41)15-24-42-44-26-25-43(33(4)10-8-9-32(2)3)50(44,6)30-28-45(42)49/h11-24,32-33,36,41-45H,7-10,25-31H2,1-6H3/t33-,36?,41?,42?,43-,44+,45+,49+,50-/m0/s1. The van der Waals surface area contributed by atoms with Crippen LogP contribution in [0.4, 0.5) is 4.79 Å². The quantitative estimate of drug-likeness (QED) is 0.0731. The highest BCUT2D eigenvalue weighted by molar-refractivity contribution is 5.92. The van der Waals surface area contributed by atoms with Crippen LogP contribution >= 0.6 is 0 Å². The molecule has 9 atom stereocenters. The Labute approximate surface area is 345 Å². The fraction of sp³-hybridized carbons (Fsp3) is 0.540. The van der Waals surface area contributed by atoms with Crippen molar-refractivity contribution >= 4 is 18.1 Å². The summed E-state index contributed by atoms with van der Waals surface area (Å²) in [7, 11) is 0. The van der Waals surface area contributed by atoms with Gasteiger partial charge in [-0.05, 0) is 177 Å². The van der Waals surface area contributed by atoms with Gasteiger partial charge in [0, 0.05) is 0 Å². The average Bonchev–Trinajstić information content (AvgIpc) is 3.56. The van der Waals surface area contributed by atoms with Crippen molar-refractivity contribution < 1.29 is 38.1 Å². The minimum absolute atomic E-state index is 0.195. The first-order chi connectivity index (χ1) is 27.9.